The maximum absolute atomic E-state index is 12.8. The first-order valence-corrected chi connectivity index (χ1v) is 9.32. The third-order valence-corrected chi connectivity index (χ3v) is 5.35. The van der Waals surface area contributed by atoms with Gasteiger partial charge in [-0.25, -0.2) is 4.98 Å². The third-order valence-electron chi connectivity index (χ3n) is 4.51. The number of nitrogens with one attached hydrogen (secondary N) is 1. The molecule has 0 saturated carbocycles. The number of rotatable bonds is 3. The fourth-order valence-electron chi connectivity index (χ4n) is 3.00. The molecule has 4 aromatic rings. The highest BCUT2D eigenvalue weighted by molar-refractivity contribution is 7.15. The molecule has 2 aromatic carbocycles. The molecule has 2 heterocycles. The van der Waals surface area contributed by atoms with Gasteiger partial charge >= 0.3 is 0 Å². The minimum atomic E-state index is -0.124. The fraction of sp³-hybridized carbons (Fsp3) is 0.143. The van der Waals surface area contributed by atoms with Crippen molar-refractivity contribution in [1.29, 1.82) is 0 Å². The molecule has 0 radical (unpaired) electrons. The van der Waals surface area contributed by atoms with Crippen LogP contribution in [0, 0.1) is 20.8 Å². The highest BCUT2D eigenvalue weighted by Crippen LogP contribution is 2.25. The van der Waals surface area contributed by atoms with Crippen LogP contribution in [0.2, 0.25) is 0 Å². The number of aryl methyl sites for hydroxylation is 3. The minimum absolute atomic E-state index is 0.124. The molecule has 1 N–H and O–H groups in total. The standard InChI is InChI=1S/C21H19N3OS/c1-13-7-9-16(10-8-13)17-11-24-18(12-26-21(24)22-17)20(25)23-19-14(2)5-4-6-15(19)3/h4-12H,1-3H3,(H,23,25). The summed E-state index contributed by atoms with van der Waals surface area (Å²) in [6, 6.07) is 14.2. The smallest absolute Gasteiger partial charge is 0.273 e. The number of carbonyl (C=O) groups excluding carboxylic acids is 1. The van der Waals surface area contributed by atoms with Gasteiger partial charge in [0.1, 0.15) is 5.69 Å². The van der Waals surface area contributed by atoms with E-state index in [1.54, 1.807) is 0 Å². The molecule has 0 aliphatic heterocycles. The Kier molecular flexibility index (Phi) is 4.09. The molecule has 1 amide bonds. The predicted octanol–water partition coefficient (Wildman–Crippen LogP) is 5.24. The Balaban J connectivity index is 1.68. The van der Waals surface area contributed by atoms with E-state index in [1.807, 2.05) is 48.0 Å². The fourth-order valence-corrected chi connectivity index (χ4v) is 3.85. The molecule has 2 aromatic heterocycles. The summed E-state index contributed by atoms with van der Waals surface area (Å²) in [6.45, 7) is 6.06. The summed E-state index contributed by atoms with van der Waals surface area (Å²) in [4.78, 5) is 18.3. The van der Waals surface area contributed by atoms with Gasteiger partial charge in [-0.1, -0.05) is 48.0 Å². The molecule has 0 bridgehead atoms. The Morgan fingerprint density at radius 2 is 1.73 bits per heavy atom. The zero-order chi connectivity index (χ0) is 18.3. The molecular weight excluding hydrogens is 342 g/mol. The van der Waals surface area contributed by atoms with E-state index in [9.17, 15) is 4.79 Å². The zero-order valence-electron chi connectivity index (χ0n) is 14.9. The van der Waals surface area contributed by atoms with Crippen molar-refractivity contribution in [2.75, 3.05) is 5.32 Å². The summed E-state index contributed by atoms with van der Waals surface area (Å²) in [5, 5.41) is 4.90. The van der Waals surface area contributed by atoms with Crippen molar-refractivity contribution < 1.29 is 4.79 Å². The number of amides is 1. The number of para-hydroxylation sites is 1. The molecule has 0 aliphatic carbocycles. The van der Waals surface area contributed by atoms with Crippen molar-refractivity contribution in [3.05, 3.63) is 76.4 Å². The summed E-state index contributed by atoms with van der Waals surface area (Å²) in [5.74, 6) is -0.124. The maximum atomic E-state index is 12.8. The van der Waals surface area contributed by atoms with Crippen LogP contribution in [-0.4, -0.2) is 15.3 Å². The van der Waals surface area contributed by atoms with Crippen LogP contribution in [-0.2, 0) is 0 Å². The van der Waals surface area contributed by atoms with Gasteiger partial charge in [-0.3, -0.25) is 9.20 Å². The van der Waals surface area contributed by atoms with Crippen molar-refractivity contribution >= 4 is 27.9 Å². The molecule has 0 spiro atoms. The van der Waals surface area contributed by atoms with Crippen molar-refractivity contribution in [3.8, 4) is 11.3 Å². The molecule has 26 heavy (non-hydrogen) atoms. The number of benzene rings is 2. The lowest BCUT2D eigenvalue weighted by Crippen LogP contribution is -2.15. The number of imidazole rings is 1. The van der Waals surface area contributed by atoms with Gasteiger partial charge < -0.3 is 5.32 Å². The second kappa shape index (κ2) is 6.42. The number of nitrogens with zero attached hydrogens (tertiary/aromatic N) is 2. The van der Waals surface area contributed by atoms with Crippen molar-refractivity contribution in [2.45, 2.75) is 20.8 Å². The predicted molar refractivity (Wildman–Crippen MR) is 107 cm³/mol. The Morgan fingerprint density at radius 1 is 1.04 bits per heavy atom. The van der Waals surface area contributed by atoms with Crippen LogP contribution < -0.4 is 5.32 Å². The monoisotopic (exact) mass is 361 g/mol. The lowest BCUT2D eigenvalue weighted by molar-refractivity contribution is 0.102. The molecule has 130 valence electrons. The molecule has 0 unspecified atom stereocenters. The molecule has 4 nitrogen and oxygen atoms in total. The Hall–Kier alpha value is -2.92. The SMILES string of the molecule is Cc1ccc(-c2cn3c(C(=O)Nc4c(C)cccc4C)csc3n2)cc1. The van der Waals surface area contributed by atoms with Crippen LogP contribution in [0.3, 0.4) is 0 Å². The summed E-state index contributed by atoms with van der Waals surface area (Å²) < 4.78 is 1.86. The van der Waals surface area contributed by atoms with E-state index in [0.717, 1.165) is 33.0 Å². The zero-order valence-corrected chi connectivity index (χ0v) is 15.7. The van der Waals surface area contributed by atoms with E-state index in [2.05, 4.69) is 41.5 Å². The van der Waals surface area contributed by atoms with Gasteiger partial charge in [-0.15, -0.1) is 11.3 Å². The normalized spacial score (nSPS) is 11.0. The topological polar surface area (TPSA) is 46.4 Å². The number of anilines is 1. The van der Waals surface area contributed by atoms with E-state index >= 15 is 0 Å². The van der Waals surface area contributed by atoms with Gasteiger partial charge in [0.2, 0.25) is 0 Å². The van der Waals surface area contributed by atoms with Gasteiger partial charge in [0.25, 0.3) is 5.91 Å². The van der Waals surface area contributed by atoms with E-state index in [0.29, 0.717) is 5.69 Å². The van der Waals surface area contributed by atoms with Crippen LogP contribution in [0.4, 0.5) is 5.69 Å². The average molecular weight is 361 g/mol. The number of hydrogen-bond donors (Lipinski definition) is 1. The number of thiazole rings is 1. The lowest BCUT2D eigenvalue weighted by atomic mass is 10.1. The summed E-state index contributed by atoms with van der Waals surface area (Å²) >= 11 is 1.47. The van der Waals surface area contributed by atoms with E-state index in [4.69, 9.17) is 0 Å². The summed E-state index contributed by atoms with van der Waals surface area (Å²) in [5.41, 5.74) is 6.70. The van der Waals surface area contributed by atoms with Crippen LogP contribution in [0.15, 0.2) is 54.0 Å². The van der Waals surface area contributed by atoms with Crippen LogP contribution >= 0.6 is 11.3 Å². The van der Waals surface area contributed by atoms with Gasteiger partial charge in [0.05, 0.1) is 5.69 Å². The Bertz CT molecular complexity index is 1090. The molecule has 5 heteroatoms. The van der Waals surface area contributed by atoms with Gasteiger partial charge in [0.15, 0.2) is 4.96 Å². The van der Waals surface area contributed by atoms with Gasteiger partial charge in [-0.2, -0.15) is 0 Å². The van der Waals surface area contributed by atoms with Crippen LogP contribution in [0.5, 0.6) is 0 Å². The Labute approximate surface area is 156 Å². The second-order valence-corrected chi connectivity index (χ2v) is 7.32. The van der Waals surface area contributed by atoms with Crippen LogP contribution in [0.25, 0.3) is 16.2 Å². The number of aromatic nitrogens is 2. The largest absolute Gasteiger partial charge is 0.320 e. The minimum Gasteiger partial charge on any atom is -0.320 e. The first-order valence-electron chi connectivity index (χ1n) is 8.44. The van der Waals surface area contributed by atoms with Crippen molar-refractivity contribution in [3.63, 3.8) is 0 Å². The molecule has 4 rings (SSSR count). The van der Waals surface area contributed by atoms with Crippen molar-refractivity contribution in [2.24, 2.45) is 0 Å². The number of hydrogen-bond acceptors (Lipinski definition) is 3. The molecule has 0 fully saturated rings. The first-order chi connectivity index (χ1) is 12.5. The first kappa shape index (κ1) is 16.5. The number of fused-ring (bicyclic) bond motifs is 1. The number of carbonyl (C=O) groups is 1. The van der Waals surface area contributed by atoms with Gasteiger partial charge in [0, 0.05) is 22.8 Å². The quantitative estimate of drug-likeness (QED) is 0.542. The lowest BCUT2D eigenvalue weighted by Gasteiger charge is -2.10. The van der Waals surface area contributed by atoms with Crippen LogP contribution in [0.1, 0.15) is 27.2 Å². The maximum Gasteiger partial charge on any atom is 0.273 e. The molecule has 0 aliphatic rings. The van der Waals surface area contributed by atoms with E-state index in [-0.39, 0.29) is 5.91 Å². The highest BCUT2D eigenvalue weighted by Gasteiger charge is 2.16. The summed E-state index contributed by atoms with van der Waals surface area (Å²) in [7, 11) is 0. The van der Waals surface area contributed by atoms with E-state index < -0.39 is 0 Å². The highest BCUT2D eigenvalue weighted by atomic mass is 32.1. The van der Waals surface area contributed by atoms with Gasteiger partial charge in [-0.05, 0) is 31.9 Å². The molecule has 0 saturated heterocycles. The van der Waals surface area contributed by atoms with Crippen molar-refractivity contribution in [1.82, 2.24) is 9.38 Å². The summed E-state index contributed by atoms with van der Waals surface area (Å²) in [6.07, 6.45) is 1.93. The second-order valence-electron chi connectivity index (χ2n) is 6.49. The third kappa shape index (κ3) is 2.91. The van der Waals surface area contributed by atoms with E-state index in [1.165, 1.54) is 16.9 Å². The Morgan fingerprint density at radius 3 is 2.42 bits per heavy atom. The molecule has 0 atom stereocenters. The average Bonchev–Trinajstić information content (AvgIpc) is 3.19. The molecular formula is C21H19N3OS.